The Balaban J connectivity index is 1.44. The summed E-state index contributed by atoms with van der Waals surface area (Å²) in [7, 11) is 1.56. The summed E-state index contributed by atoms with van der Waals surface area (Å²) in [5.41, 5.74) is 0.154. The van der Waals surface area contributed by atoms with E-state index in [1.165, 1.54) is 0 Å². The molecule has 2 aromatic rings. The molecule has 3 fully saturated rings. The zero-order chi connectivity index (χ0) is 34.3. The Labute approximate surface area is 281 Å². The van der Waals surface area contributed by atoms with E-state index in [1.807, 2.05) is 30.3 Å². The number of benzene rings is 2. The highest BCUT2D eigenvalue weighted by Gasteiger charge is 2.74. The Morgan fingerprint density at radius 1 is 1.12 bits per heavy atom. The van der Waals surface area contributed by atoms with Gasteiger partial charge in [0.25, 0.3) is 5.91 Å². The molecule has 11 heteroatoms. The highest BCUT2D eigenvalue weighted by atomic mass is 16.5. The van der Waals surface area contributed by atoms with Crippen LogP contribution in [0.15, 0.2) is 79.9 Å². The van der Waals surface area contributed by atoms with Gasteiger partial charge in [0.1, 0.15) is 24.0 Å². The second kappa shape index (κ2) is 15.6. The predicted molar refractivity (Wildman–Crippen MR) is 179 cm³/mol. The van der Waals surface area contributed by atoms with Gasteiger partial charge in [0.15, 0.2) is 0 Å². The van der Waals surface area contributed by atoms with E-state index in [1.54, 1.807) is 53.3 Å². The van der Waals surface area contributed by atoms with Crippen LogP contribution in [0.5, 0.6) is 5.75 Å². The summed E-state index contributed by atoms with van der Waals surface area (Å²) in [6.45, 7) is 7.79. The molecule has 3 aliphatic heterocycles. The van der Waals surface area contributed by atoms with Crippen molar-refractivity contribution in [3.63, 3.8) is 0 Å². The molecule has 5 rings (SSSR count). The van der Waals surface area contributed by atoms with Gasteiger partial charge in [-0.2, -0.15) is 0 Å². The van der Waals surface area contributed by atoms with Crippen molar-refractivity contribution in [2.24, 2.45) is 11.8 Å². The number of likely N-dealkylation sites (tertiary alicyclic amines) is 1. The van der Waals surface area contributed by atoms with Crippen LogP contribution in [-0.4, -0.2) is 84.9 Å². The largest absolute Gasteiger partial charge is 0.497 e. The number of aliphatic hydroxyl groups is 1. The summed E-state index contributed by atoms with van der Waals surface area (Å²) in [6, 6.07) is 14.6. The van der Waals surface area contributed by atoms with Crippen LogP contribution in [0, 0.1) is 11.8 Å². The van der Waals surface area contributed by atoms with Crippen LogP contribution in [0.2, 0.25) is 0 Å². The molecule has 3 saturated heterocycles. The molecule has 0 aromatic heterocycles. The van der Waals surface area contributed by atoms with Crippen molar-refractivity contribution in [1.29, 1.82) is 0 Å². The summed E-state index contributed by atoms with van der Waals surface area (Å²) < 4.78 is 17.5. The van der Waals surface area contributed by atoms with Gasteiger partial charge in [0, 0.05) is 31.8 Å². The quantitative estimate of drug-likeness (QED) is 0.149. The number of nitrogens with zero attached hydrogens (tertiary/aromatic N) is 2. The highest BCUT2D eigenvalue weighted by Crippen LogP contribution is 2.58. The number of rotatable bonds is 17. The molecule has 3 aliphatic rings. The molecule has 0 saturated carbocycles. The molecule has 0 unspecified atom stereocenters. The number of aliphatic hydroxyl groups excluding tert-OH is 1. The number of hydrogen-bond acceptors (Lipinski definition) is 8. The van der Waals surface area contributed by atoms with Crippen molar-refractivity contribution in [2.45, 2.75) is 62.3 Å². The number of carbonyl (C=O) groups is 4. The van der Waals surface area contributed by atoms with Gasteiger partial charge in [-0.05, 0) is 61.9 Å². The van der Waals surface area contributed by atoms with Crippen molar-refractivity contribution in [3.8, 4) is 5.75 Å². The fourth-order valence-electron chi connectivity index (χ4n) is 7.37. The number of allylic oxidation sites excluding steroid dienone is 1. The lowest BCUT2D eigenvalue weighted by molar-refractivity contribution is -0.146. The maximum absolute atomic E-state index is 14.6. The third-order valence-corrected chi connectivity index (χ3v) is 9.59. The number of esters is 1. The number of hydrogen-bond donors (Lipinski definition) is 2. The number of amides is 3. The summed E-state index contributed by atoms with van der Waals surface area (Å²) in [5, 5.41) is 12.5. The maximum atomic E-state index is 14.6. The summed E-state index contributed by atoms with van der Waals surface area (Å²) in [4.78, 5) is 58.7. The van der Waals surface area contributed by atoms with Crippen LogP contribution in [0.1, 0.15) is 50.1 Å². The average Bonchev–Trinajstić information content (AvgIpc) is 3.75. The SMILES string of the molecule is C=CCCC(=O)OC[C@H](NC(=O)[C@@H]1[C@@H]2CC[C@]3(O2)[C@H](C(=O)N(CC=C)c2ccc(OC)cc2)N(CCCCO)C(=O)[C@@H]13)c1ccccc1. The molecular weight excluding hydrogens is 614 g/mol. The molecule has 2 bridgehead atoms. The number of methoxy groups -OCH3 is 1. The Kier molecular flexibility index (Phi) is 11.3. The number of unbranched alkanes of at least 4 members (excludes halogenated alkanes) is 1. The summed E-state index contributed by atoms with van der Waals surface area (Å²) >= 11 is 0. The molecule has 3 heterocycles. The lowest BCUT2D eigenvalue weighted by Crippen LogP contribution is -2.56. The van der Waals surface area contributed by atoms with Crippen LogP contribution in [0.25, 0.3) is 0 Å². The molecule has 6 atom stereocenters. The van der Waals surface area contributed by atoms with Crippen molar-refractivity contribution < 1.29 is 38.5 Å². The molecule has 48 heavy (non-hydrogen) atoms. The Morgan fingerprint density at radius 3 is 2.54 bits per heavy atom. The standard InChI is InChI=1S/C37H45N3O8/c1-4-6-14-30(42)47-24-28(25-12-8-7-9-13-25)38-34(43)31-29-19-20-37(48-29)32(31)35(44)40(22-10-11-23-41)33(37)36(45)39(21-5-2)26-15-17-27(46-3)18-16-26/h4-5,7-9,12-13,15-18,28-29,31-33,41H,1-2,6,10-11,14,19-24H2,3H3,(H,38,43)/t28-,29-,31+,32+,33-,37+/m0/s1. The van der Waals surface area contributed by atoms with Crippen LogP contribution in [0.4, 0.5) is 5.69 Å². The second-order valence-electron chi connectivity index (χ2n) is 12.4. The van der Waals surface area contributed by atoms with Crippen LogP contribution >= 0.6 is 0 Å². The molecule has 2 aromatic carbocycles. The minimum atomic E-state index is -1.20. The Hall–Kier alpha value is -4.48. The number of carbonyl (C=O) groups excluding carboxylic acids is 4. The Bertz CT molecular complexity index is 1480. The molecular formula is C37H45N3O8. The smallest absolute Gasteiger partial charge is 0.306 e. The monoisotopic (exact) mass is 659 g/mol. The molecule has 0 aliphatic carbocycles. The fraction of sp³-hybridized carbons (Fsp3) is 0.459. The number of nitrogens with one attached hydrogen (secondary N) is 1. The molecule has 256 valence electrons. The van der Waals surface area contributed by atoms with Gasteiger partial charge >= 0.3 is 5.97 Å². The number of anilines is 1. The topological polar surface area (TPSA) is 135 Å². The van der Waals surface area contributed by atoms with Gasteiger partial charge < -0.3 is 34.4 Å². The minimum absolute atomic E-state index is 0.0493. The van der Waals surface area contributed by atoms with E-state index in [9.17, 15) is 24.3 Å². The van der Waals surface area contributed by atoms with Gasteiger partial charge in [-0.25, -0.2) is 0 Å². The summed E-state index contributed by atoms with van der Waals surface area (Å²) in [6.07, 6.45) is 5.24. The number of ether oxygens (including phenoxy) is 3. The first kappa shape index (κ1) is 34.8. The van der Waals surface area contributed by atoms with Crippen LogP contribution < -0.4 is 15.0 Å². The third kappa shape index (κ3) is 6.88. The highest BCUT2D eigenvalue weighted by molar-refractivity contribution is 6.05. The molecule has 1 spiro atoms. The van der Waals surface area contributed by atoms with Crippen LogP contribution in [0.3, 0.4) is 0 Å². The van der Waals surface area contributed by atoms with Gasteiger partial charge in [-0.15, -0.1) is 13.2 Å². The first-order valence-electron chi connectivity index (χ1n) is 16.6. The lowest BCUT2D eigenvalue weighted by atomic mass is 9.70. The minimum Gasteiger partial charge on any atom is -0.497 e. The third-order valence-electron chi connectivity index (χ3n) is 9.59. The predicted octanol–water partition coefficient (Wildman–Crippen LogP) is 3.73. The van der Waals surface area contributed by atoms with Gasteiger partial charge in [-0.3, -0.25) is 19.2 Å². The first-order valence-corrected chi connectivity index (χ1v) is 16.6. The molecule has 3 amide bonds. The number of fused-ring (bicyclic) bond motifs is 1. The maximum Gasteiger partial charge on any atom is 0.306 e. The molecule has 11 nitrogen and oxygen atoms in total. The van der Waals surface area contributed by atoms with Gasteiger partial charge in [0.05, 0.1) is 31.1 Å². The fourth-order valence-corrected chi connectivity index (χ4v) is 7.37. The first-order chi connectivity index (χ1) is 23.3. The second-order valence-corrected chi connectivity index (χ2v) is 12.4. The average molecular weight is 660 g/mol. The van der Waals surface area contributed by atoms with E-state index >= 15 is 0 Å². The van der Waals surface area contributed by atoms with Crippen molar-refractivity contribution in [3.05, 3.63) is 85.5 Å². The summed E-state index contributed by atoms with van der Waals surface area (Å²) in [5.74, 6) is -2.52. The van der Waals surface area contributed by atoms with E-state index in [-0.39, 0.29) is 44.5 Å². The van der Waals surface area contributed by atoms with Crippen molar-refractivity contribution in [2.75, 3.05) is 38.3 Å². The van der Waals surface area contributed by atoms with E-state index in [0.29, 0.717) is 43.5 Å². The van der Waals surface area contributed by atoms with Gasteiger partial charge in [-0.1, -0.05) is 42.5 Å². The van der Waals surface area contributed by atoms with Crippen molar-refractivity contribution in [1.82, 2.24) is 10.2 Å². The van der Waals surface area contributed by atoms with E-state index in [4.69, 9.17) is 14.2 Å². The van der Waals surface area contributed by atoms with E-state index in [0.717, 1.165) is 5.56 Å². The van der Waals surface area contributed by atoms with E-state index in [2.05, 4.69) is 18.5 Å². The lowest BCUT2D eigenvalue weighted by Gasteiger charge is -2.37. The van der Waals surface area contributed by atoms with Crippen LogP contribution in [-0.2, 0) is 28.7 Å². The van der Waals surface area contributed by atoms with E-state index < -0.39 is 47.5 Å². The molecule has 2 N–H and O–H groups in total. The van der Waals surface area contributed by atoms with Gasteiger partial charge in [0.2, 0.25) is 11.8 Å². The molecule has 0 radical (unpaired) electrons. The normalized spacial score (nSPS) is 24.5. The zero-order valence-corrected chi connectivity index (χ0v) is 27.4. The Morgan fingerprint density at radius 2 is 1.88 bits per heavy atom. The zero-order valence-electron chi connectivity index (χ0n) is 27.4. The van der Waals surface area contributed by atoms with Crippen molar-refractivity contribution >= 4 is 29.4 Å².